The van der Waals surface area contributed by atoms with E-state index < -0.39 is 10.0 Å². The van der Waals surface area contributed by atoms with Crippen LogP contribution in [0.5, 0.6) is 0 Å². The predicted octanol–water partition coefficient (Wildman–Crippen LogP) is 2.55. The fraction of sp³-hybridized carbons (Fsp3) is 0.385. The second-order valence-corrected chi connectivity index (χ2v) is 6.23. The van der Waals surface area contributed by atoms with Crippen molar-refractivity contribution in [3.05, 3.63) is 47.8 Å². The molecule has 0 fully saturated rings. The Morgan fingerprint density at radius 3 is 2.33 bits per heavy atom. The number of hydrogen-bond donors (Lipinski definition) is 0. The number of nitrogens with zero attached hydrogens (tertiary/aromatic N) is 1. The van der Waals surface area contributed by atoms with E-state index in [0.717, 1.165) is 5.57 Å². The molecule has 0 unspecified atom stereocenters. The van der Waals surface area contributed by atoms with Crippen molar-refractivity contribution in [3.63, 3.8) is 0 Å². The zero-order valence-electron chi connectivity index (χ0n) is 10.7. The maximum absolute atomic E-state index is 12.7. The van der Waals surface area contributed by atoms with Crippen LogP contribution < -0.4 is 0 Å². The topological polar surface area (TPSA) is 37.4 Å². The first-order valence-electron chi connectivity index (χ1n) is 5.72. The van der Waals surface area contributed by atoms with E-state index in [1.54, 1.807) is 13.8 Å². The Bertz CT molecular complexity index is 508. The lowest BCUT2D eigenvalue weighted by Gasteiger charge is -2.20. The molecule has 0 saturated carbocycles. The number of rotatable bonds is 6. The largest absolute Gasteiger partial charge is 0.218 e. The van der Waals surface area contributed by atoms with Crippen LogP contribution in [0.2, 0.25) is 0 Å². The van der Waals surface area contributed by atoms with Gasteiger partial charge >= 0.3 is 0 Å². The van der Waals surface area contributed by atoms with E-state index in [1.165, 1.54) is 28.6 Å². The van der Waals surface area contributed by atoms with Crippen LogP contribution in [-0.2, 0) is 15.8 Å². The van der Waals surface area contributed by atoms with Gasteiger partial charge in [0.1, 0.15) is 5.82 Å². The minimum atomic E-state index is -3.38. The zero-order valence-corrected chi connectivity index (χ0v) is 11.5. The SMILES string of the molecule is C=C(C)CN(CC)S(=O)(=O)Cc1ccc(F)cc1. The van der Waals surface area contributed by atoms with Gasteiger partial charge in [-0.3, -0.25) is 0 Å². The van der Waals surface area contributed by atoms with Gasteiger partial charge in [0, 0.05) is 13.1 Å². The van der Waals surface area contributed by atoms with Gasteiger partial charge in [0.2, 0.25) is 10.0 Å². The lowest BCUT2D eigenvalue weighted by molar-refractivity contribution is 0.452. The van der Waals surface area contributed by atoms with Gasteiger partial charge in [-0.05, 0) is 24.6 Å². The Kier molecular flexibility index (Phi) is 5.04. The predicted molar refractivity (Wildman–Crippen MR) is 71.1 cm³/mol. The summed E-state index contributed by atoms with van der Waals surface area (Å²) < 4.78 is 38.4. The van der Waals surface area contributed by atoms with Crippen molar-refractivity contribution in [1.82, 2.24) is 4.31 Å². The molecule has 0 aliphatic carbocycles. The third-order valence-corrected chi connectivity index (χ3v) is 4.33. The third kappa shape index (κ3) is 4.23. The van der Waals surface area contributed by atoms with Crippen LogP contribution in [-0.4, -0.2) is 25.8 Å². The van der Waals surface area contributed by atoms with Crippen LogP contribution in [0.4, 0.5) is 4.39 Å². The fourth-order valence-electron chi connectivity index (χ4n) is 1.59. The summed E-state index contributed by atoms with van der Waals surface area (Å²) in [6.07, 6.45) is 0. The molecule has 1 rings (SSSR count). The molecular weight excluding hydrogens is 253 g/mol. The van der Waals surface area contributed by atoms with E-state index in [0.29, 0.717) is 18.7 Å². The van der Waals surface area contributed by atoms with Crippen LogP contribution in [0.25, 0.3) is 0 Å². The number of benzene rings is 1. The fourth-order valence-corrected chi connectivity index (χ4v) is 3.20. The highest BCUT2D eigenvalue weighted by atomic mass is 32.2. The van der Waals surface area contributed by atoms with Crippen LogP contribution in [0.1, 0.15) is 19.4 Å². The van der Waals surface area contributed by atoms with E-state index in [-0.39, 0.29) is 11.6 Å². The monoisotopic (exact) mass is 271 g/mol. The maximum Gasteiger partial charge on any atom is 0.218 e. The summed E-state index contributed by atoms with van der Waals surface area (Å²) in [7, 11) is -3.38. The standard InChI is InChI=1S/C13H18FNO2S/c1-4-15(9-11(2)3)18(16,17)10-12-5-7-13(14)8-6-12/h5-8H,2,4,9-10H2,1,3H3. The molecule has 18 heavy (non-hydrogen) atoms. The average Bonchev–Trinajstić information content (AvgIpc) is 2.28. The average molecular weight is 271 g/mol. The van der Waals surface area contributed by atoms with Crippen molar-refractivity contribution >= 4 is 10.0 Å². The van der Waals surface area contributed by atoms with Gasteiger partial charge in [-0.15, -0.1) is 0 Å². The van der Waals surface area contributed by atoms with Gasteiger partial charge in [0.05, 0.1) is 5.75 Å². The van der Waals surface area contributed by atoms with E-state index in [9.17, 15) is 12.8 Å². The van der Waals surface area contributed by atoms with Crippen LogP contribution >= 0.6 is 0 Å². The molecule has 3 nitrogen and oxygen atoms in total. The van der Waals surface area contributed by atoms with Gasteiger partial charge in [-0.25, -0.2) is 12.8 Å². The Morgan fingerprint density at radius 1 is 1.33 bits per heavy atom. The van der Waals surface area contributed by atoms with Gasteiger partial charge < -0.3 is 0 Å². The number of halogens is 1. The molecule has 0 aromatic heterocycles. The molecule has 0 aliphatic heterocycles. The molecule has 1 aromatic carbocycles. The second-order valence-electron chi connectivity index (χ2n) is 4.27. The molecule has 0 aliphatic rings. The van der Waals surface area contributed by atoms with E-state index in [2.05, 4.69) is 6.58 Å². The molecule has 5 heteroatoms. The summed E-state index contributed by atoms with van der Waals surface area (Å²) in [5, 5.41) is 0. The minimum Gasteiger partial charge on any atom is -0.212 e. The van der Waals surface area contributed by atoms with Crippen molar-refractivity contribution in [2.45, 2.75) is 19.6 Å². The highest BCUT2D eigenvalue weighted by Crippen LogP contribution is 2.12. The van der Waals surface area contributed by atoms with Crippen LogP contribution in [0.15, 0.2) is 36.4 Å². The Labute approximate surface area is 108 Å². The summed E-state index contributed by atoms with van der Waals surface area (Å²) in [5.74, 6) is -0.487. The third-order valence-electron chi connectivity index (χ3n) is 2.45. The molecule has 1 aromatic rings. The minimum absolute atomic E-state index is 0.117. The highest BCUT2D eigenvalue weighted by Gasteiger charge is 2.20. The van der Waals surface area contributed by atoms with Crippen molar-refractivity contribution in [2.24, 2.45) is 0 Å². The number of hydrogen-bond acceptors (Lipinski definition) is 2. The molecule has 100 valence electrons. The van der Waals surface area contributed by atoms with Gasteiger partial charge in [-0.1, -0.05) is 31.2 Å². The Hall–Kier alpha value is -1.20. The van der Waals surface area contributed by atoms with Crippen LogP contribution in [0, 0.1) is 5.82 Å². The summed E-state index contributed by atoms with van der Waals surface area (Å²) in [6, 6.07) is 5.50. The summed E-state index contributed by atoms with van der Waals surface area (Å²) in [5.41, 5.74) is 1.37. The zero-order chi connectivity index (χ0) is 13.8. The number of sulfonamides is 1. The maximum atomic E-state index is 12.7. The van der Waals surface area contributed by atoms with E-state index in [4.69, 9.17) is 0 Å². The van der Waals surface area contributed by atoms with E-state index >= 15 is 0 Å². The first-order chi connectivity index (χ1) is 8.35. The van der Waals surface area contributed by atoms with Gasteiger partial charge in [-0.2, -0.15) is 4.31 Å². The molecule has 0 spiro atoms. The molecule has 0 heterocycles. The summed E-state index contributed by atoms with van der Waals surface area (Å²) in [6.45, 7) is 8.01. The quantitative estimate of drug-likeness (QED) is 0.746. The lowest BCUT2D eigenvalue weighted by atomic mass is 10.2. The van der Waals surface area contributed by atoms with Gasteiger partial charge in [0.25, 0.3) is 0 Å². The summed E-state index contributed by atoms with van der Waals surface area (Å²) in [4.78, 5) is 0. The second kappa shape index (κ2) is 6.11. The molecule has 0 bridgehead atoms. The molecule has 0 N–H and O–H groups in total. The van der Waals surface area contributed by atoms with Crippen molar-refractivity contribution in [2.75, 3.05) is 13.1 Å². The lowest BCUT2D eigenvalue weighted by Crippen LogP contribution is -2.33. The summed E-state index contributed by atoms with van der Waals surface area (Å²) >= 11 is 0. The highest BCUT2D eigenvalue weighted by molar-refractivity contribution is 7.88. The first kappa shape index (κ1) is 14.9. The van der Waals surface area contributed by atoms with Crippen LogP contribution in [0.3, 0.4) is 0 Å². The van der Waals surface area contributed by atoms with Crippen molar-refractivity contribution in [3.8, 4) is 0 Å². The van der Waals surface area contributed by atoms with Crippen molar-refractivity contribution in [1.29, 1.82) is 0 Å². The normalized spacial score (nSPS) is 11.8. The van der Waals surface area contributed by atoms with E-state index in [1.807, 2.05) is 0 Å². The first-order valence-corrected chi connectivity index (χ1v) is 7.32. The molecule has 0 saturated heterocycles. The van der Waals surface area contributed by atoms with Crippen molar-refractivity contribution < 1.29 is 12.8 Å². The smallest absolute Gasteiger partial charge is 0.212 e. The number of likely N-dealkylation sites (N-methyl/N-ethyl adjacent to an activating group) is 1. The molecule has 0 amide bonds. The molecule has 0 atom stereocenters. The van der Waals surface area contributed by atoms with Gasteiger partial charge in [0.15, 0.2) is 0 Å². The molecule has 0 radical (unpaired) electrons. The Balaban J connectivity index is 2.85. The Morgan fingerprint density at radius 2 is 1.89 bits per heavy atom. The molecular formula is C13H18FNO2S.